The monoisotopic (exact) mass is 275 g/mol. The van der Waals surface area contributed by atoms with Crippen molar-refractivity contribution in [2.24, 2.45) is 5.41 Å². The van der Waals surface area contributed by atoms with E-state index >= 15 is 0 Å². The summed E-state index contributed by atoms with van der Waals surface area (Å²) in [6.45, 7) is 3.93. The fourth-order valence-electron chi connectivity index (χ4n) is 2.53. The number of carbonyl (C=O) groups is 2. The Morgan fingerprint density at radius 1 is 1.25 bits per heavy atom. The van der Waals surface area contributed by atoms with Crippen LogP contribution in [0, 0.1) is 5.41 Å². The highest BCUT2D eigenvalue weighted by atomic mass is 16.4. The van der Waals surface area contributed by atoms with Crippen LogP contribution in [0.2, 0.25) is 0 Å². The molecule has 0 atom stereocenters. The molecule has 1 amide bonds. The second kappa shape index (κ2) is 5.27. The molecule has 0 spiro atoms. The topological polar surface area (TPSA) is 66.4 Å². The summed E-state index contributed by atoms with van der Waals surface area (Å²) in [6.07, 6.45) is 2.22. The van der Waals surface area contributed by atoms with Crippen LogP contribution in [0.3, 0.4) is 0 Å². The molecular weight excluding hydrogens is 254 g/mol. The van der Waals surface area contributed by atoms with Gasteiger partial charge in [0.15, 0.2) is 0 Å². The predicted octanol–water partition coefficient (Wildman–Crippen LogP) is 2.34. The molecule has 108 valence electrons. The van der Waals surface area contributed by atoms with Gasteiger partial charge in [0.05, 0.1) is 10.8 Å². The summed E-state index contributed by atoms with van der Waals surface area (Å²) in [7, 11) is 0. The Bertz CT molecular complexity index is 504. The van der Waals surface area contributed by atoms with Crippen molar-refractivity contribution in [3.63, 3.8) is 0 Å². The Labute approximate surface area is 119 Å². The zero-order valence-corrected chi connectivity index (χ0v) is 12.0. The molecule has 2 rings (SSSR count). The predicted molar refractivity (Wildman–Crippen MR) is 76.4 cm³/mol. The van der Waals surface area contributed by atoms with Gasteiger partial charge >= 0.3 is 5.97 Å². The molecule has 1 aliphatic rings. The molecule has 1 aromatic rings. The Morgan fingerprint density at radius 3 is 2.30 bits per heavy atom. The minimum atomic E-state index is -0.804. The van der Waals surface area contributed by atoms with Gasteiger partial charge < -0.3 is 10.4 Å². The maximum Gasteiger partial charge on any atom is 0.311 e. The minimum Gasteiger partial charge on any atom is -0.481 e. The third-order valence-electron chi connectivity index (χ3n) is 4.41. The van der Waals surface area contributed by atoms with Crippen molar-refractivity contribution in [2.75, 3.05) is 6.54 Å². The van der Waals surface area contributed by atoms with Gasteiger partial charge in [0, 0.05) is 6.54 Å². The molecule has 0 heterocycles. The summed E-state index contributed by atoms with van der Waals surface area (Å²) < 4.78 is 0. The fraction of sp³-hybridized carbons (Fsp3) is 0.500. The largest absolute Gasteiger partial charge is 0.481 e. The van der Waals surface area contributed by atoms with Gasteiger partial charge in [-0.1, -0.05) is 36.8 Å². The number of carboxylic acids is 1. The first-order valence-electron chi connectivity index (χ1n) is 6.96. The van der Waals surface area contributed by atoms with Crippen molar-refractivity contribution in [1.82, 2.24) is 5.32 Å². The van der Waals surface area contributed by atoms with Crippen LogP contribution in [0.1, 0.15) is 38.7 Å². The van der Waals surface area contributed by atoms with Crippen molar-refractivity contribution in [3.8, 4) is 0 Å². The van der Waals surface area contributed by atoms with Crippen molar-refractivity contribution in [1.29, 1.82) is 0 Å². The van der Waals surface area contributed by atoms with E-state index in [2.05, 4.69) is 5.32 Å². The summed E-state index contributed by atoms with van der Waals surface area (Å²) in [5.41, 5.74) is -0.483. The summed E-state index contributed by atoms with van der Waals surface area (Å²) in [4.78, 5) is 23.7. The first-order valence-corrected chi connectivity index (χ1v) is 6.96. The van der Waals surface area contributed by atoms with Gasteiger partial charge in [-0.25, -0.2) is 0 Å². The zero-order chi connectivity index (χ0) is 14.8. The van der Waals surface area contributed by atoms with Crippen LogP contribution in [0.5, 0.6) is 0 Å². The van der Waals surface area contributed by atoms with Crippen LogP contribution < -0.4 is 5.32 Å². The molecule has 1 aliphatic carbocycles. The number of carboxylic acid groups (broad SMARTS) is 1. The quantitative estimate of drug-likeness (QED) is 0.866. The molecule has 2 N–H and O–H groups in total. The lowest BCUT2D eigenvalue weighted by atomic mass is 9.68. The number of carbonyl (C=O) groups excluding carboxylic acids is 1. The third-order valence-corrected chi connectivity index (χ3v) is 4.41. The van der Waals surface area contributed by atoms with Gasteiger partial charge in [-0.15, -0.1) is 0 Å². The van der Waals surface area contributed by atoms with Gasteiger partial charge in [0.25, 0.3) is 0 Å². The molecule has 0 aromatic heterocycles. The summed E-state index contributed by atoms with van der Waals surface area (Å²) in [6, 6.07) is 9.53. The van der Waals surface area contributed by atoms with Crippen LogP contribution in [0.15, 0.2) is 30.3 Å². The third kappa shape index (κ3) is 2.55. The highest BCUT2D eigenvalue weighted by Gasteiger charge is 2.45. The van der Waals surface area contributed by atoms with Gasteiger partial charge in [-0.3, -0.25) is 9.59 Å². The van der Waals surface area contributed by atoms with Crippen LogP contribution in [0.25, 0.3) is 0 Å². The van der Waals surface area contributed by atoms with Gasteiger partial charge in [0.1, 0.15) is 0 Å². The normalized spacial score (nSPS) is 17.1. The number of aliphatic carboxylic acids is 1. The number of hydrogen-bond donors (Lipinski definition) is 2. The lowest BCUT2D eigenvalue weighted by molar-refractivity contribution is -0.154. The van der Waals surface area contributed by atoms with Crippen molar-refractivity contribution in [3.05, 3.63) is 35.9 Å². The van der Waals surface area contributed by atoms with Gasteiger partial charge in [-0.2, -0.15) is 0 Å². The second-order valence-electron chi connectivity index (χ2n) is 6.11. The highest BCUT2D eigenvalue weighted by molar-refractivity contribution is 5.88. The molecule has 1 saturated carbocycles. The van der Waals surface area contributed by atoms with Gasteiger partial charge in [-0.05, 0) is 32.3 Å². The lowest BCUT2D eigenvalue weighted by Crippen LogP contribution is -2.50. The zero-order valence-electron chi connectivity index (χ0n) is 12.0. The van der Waals surface area contributed by atoms with Crippen molar-refractivity contribution in [2.45, 2.75) is 38.5 Å². The Balaban J connectivity index is 2.03. The van der Waals surface area contributed by atoms with E-state index in [1.165, 1.54) is 0 Å². The summed E-state index contributed by atoms with van der Waals surface area (Å²) in [5.74, 6) is -0.933. The Kier molecular flexibility index (Phi) is 3.84. The molecule has 1 fully saturated rings. The first-order chi connectivity index (χ1) is 9.38. The maximum absolute atomic E-state index is 12.4. The smallest absolute Gasteiger partial charge is 0.311 e. The standard InChI is InChI=1S/C16H21NO3/c1-15(2,12-7-4-3-5-8-12)13(18)17-11-16(14(19)20)9-6-10-16/h3-5,7-8H,6,9-11H2,1-2H3,(H,17,18)(H,19,20). The molecule has 0 unspecified atom stereocenters. The van der Waals surface area contributed by atoms with Crippen molar-refractivity contribution < 1.29 is 14.7 Å². The number of benzene rings is 1. The Morgan fingerprint density at radius 2 is 1.85 bits per heavy atom. The second-order valence-corrected chi connectivity index (χ2v) is 6.11. The molecule has 20 heavy (non-hydrogen) atoms. The molecule has 0 bridgehead atoms. The van der Waals surface area contributed by atoms with E-state index in [0.717, 1.165) is 12.0 Å². The van der Waals surface area contributed by atoms with E-state index in [1.807, 2.05) is 44.2 Å². The average molecular weight is 275 g/mol. The Hall–Kier alpha value is -1.84. The van der Waals surface area contributed by atoms with E-state index in [4.69, 9.17) is 0 Å². The van der Waals surface area contributed by atoms with Crippen LogP contribution in [-0.2, 0) is 15.0 Å². The summed E-state index contributed by atoms with van der Waals surface area (Å²) in [5, 5.41) is 12.1. The van der Waals surface area contributed by atoms with Crippen LogP contribution in [-0.4, -0.2) is 23.5 Å². The average Bonchev–Trinajstić information content (AvgIpc) is 2.37. The molecular formula is C16H21NO3. The van der Waals surface area contributed by atoms with E-state index < -0.39 is 16.8 Å². The van der Waals surface area contributed by atoms with E-state index in [0.29, 0.717) is 12.8 Å². The molecule has 4 nitrogen and oxygen atoms in total. The highest BCUT2D eigenvalue weighted by Crippen LogP contribution is 2.40. The summed E-state index contributed by atoms with van der Waals surface area (Å²) >= 11 is 0. The number of rotatable bonds is 5. The molecule has 0 radical (unpaired) electrons. The molecule has 1 aromatic carbocycles. The number of amides is 1. The van der Waals surface area contributed by atoms with Crippen LogP contribution in [0.4, 0.5) is 0 Å². The van der Waals surface area contributed by atoms with Crippen LogP contribution >= 0.6 is 0 Å². The molecule has 0 saturated heterocycles. The maximum atomic E-state index is 12.4. The number of nitrogens with one attached hydrogen (secondary N) is 1. The molecule has 4 heteroatoms. The van der Waals surface area contributed by atoms with E-state index in [-0.39, 0.29) is 12.5 Å². The number of hydrogen-bond acceptors (Lipinski definition) is 2. The molecule has 0 aliphatic heterocycles. The minimum absolute atomic E-state index is 0.128. The van der Waals surface area contributed by atoms with Crippen molar-refractivity contribution >= 4 is 11.9 Å². The van der Waals surface area contributed by atoms with Gasteiger partial charge in [0.2, 0.25) is 5.91 Å². The van der Waals surface area contributed by atoms with E-state index in [9.17, 15) is 14.7 Å². The lowest BCUT2D eigenvalue weighted by Gasteiger charge is -2.38. The SMILES string of the molecule is CC(C)(C(=O)NCC1(C(=O)O)CCC1)c1ccccc1. The first kappa shape index (κ1) is 14.6. The fourth-order valence-corrected chi connectivity index (χ4v) is 2.53. The van der Waals surface area contributed by atoms with E-state index in [1.54, 1.807) is 0 Å².